The summed E-state index contributed by atoms with van der Waals surface area (Å²) in [5.74, 6) is 0.448. The Balaban J connectivity index is 1.69. The minimum atomic E-state index is -0.584. The number of halogens is 1. The molecule has 1 saturated heterocycles. The highest BCUT2D eigenvalue weighted by molar-refractivity contribution is 5.99. The van der Waals surface area contributed by atoms with Crippen LogP contribution < -0.4 is 15.0 Å². The molecule has 9 heteroatoms. The zero-order chi connectivity index (χ0) is 19.3. The van der Waals surface area contributed by atoms with Gasteiger partial charge in [0.15, 0.2) is 5.65 Å². The second kappa shape index (κ2) is 6.45. The van der Waals surface area contributed by atoms with Gasteiger partial charge in [0.05, 0.1) is 24.9 Å². The number of aliphatic hydroxyl groups excluding tert-OH is 1. The van der Waals surface area contributed by atoms with Crippen molar-refractivity contribution in [2.75, 3.05) is 24.6 Å². The summed E-state index contributed by atoms with van der Waals surface area (Å²) >= 11 is 0. The van der Waals surface area contributed by atoms with Crippen LogP contribution in [0.1, 0.15) is 28.4 Å². The average molecular weight is 383 g/mol. The molecule has 2 atom stereocenters. The molecule has 2 unspecified atom stereocenters. The molecular formula is C19H18FN5O3. The van der Waals surface area contributed by atoms with E-state index in [1.165, 1.54) is 22.8 Å². The molecule has 0 spiro atoms. The third kappa shape index (κ3) is 2.75. The number of aromatic nitrogens is 3. The Morgan fingerprint density at radius 2 is 2.21 bits per heavy atom. The number of anilines is 1. The van der Waals surface area contributed by atoms with Gasteiger partial charge >= 0.3 is 0 Å². The number of benzene rings is 1. The molecular weight excluding hydrogens is 365 g/mol. The van der Waals surface area contributed by atoms with E-state index in [0.717, 1.165) is 0 Å². The summed E-state index contributed by atoms with van der Waals surface area (Å²) in [7, 11) is 0. The van der Waals surface area contributed by atoms with E-state index in [0.29, 0.717) is 41.3 Å². The molecule has 0 radical (unpaired) electrons. The van der Waals surface area contributed by atoms with E-state index in [-0.39, 0.29) is 30.9 Å². The molecule has 5 rings (SSSR count). The summed E-state index contributed by atoms with van der Waals surface area (Å²) in [4.78, 5) is 19.0. The van der Waals surface area contributed by atoms with Crippen LogP contribution in [0.25, 0.3) is 5.65 Å². The lowest BCUT2D eigenvalue weighted by Crippen LogP contribution is -2.28. The van der Waals surface area contributed by atoms with Gasteiger partial charge in [0.25, 0.3) is 5.91 Å². The highest BCUT2D eigenvalue weighted by Gasteiger charge is 2.35. The van der Waals surface area contributed by atoms with Crippen molar-refractivity contribution in [3.63, 3.8) is 0 Å². The highest BCUT2D eigenvalue weighted by Crippen LogP contribution is 2.40. The third-order valence-corrected chi connectivity index (χ3v) is 5.15. The van der Waals surface area contributed by atoms with E-state index < -0.39 is 6.10 Å². The molecule has 28 heavy (non-hydrogen) atoms. The van der Waals surface area contributed by atoms with Gasteiger partial charge in [-0.05, 0) is 30.7 Å². The Morgan fingerprint density at radius 3 is 3.11 bits per heavy atom. The third-order valence-electron chi connectivity index (χ3n) is 5.15. The number of ether oxygens (including phenoxy) is 1. The molecule has 2 aliphatic heterocycles. The van der Waals surface area contributed by atoms with E-state index in [2.05, 4.69) is 15.4 Å². The fourth-order valence-electron chi connectivity index (χ4n) is 3.87. The van der Waals surface area contributed by atoms with Crippen molar-refractivity contribution >= 4 is 17.4 Å². The quantitative estimate of drug-likeness (QED) is 0.608. The Bertz CT molecular complexity index is 1070. The van der Waals surface area contributed by atoms with Crippen molar-refractivity contribution in [1.29, 1.82) is 0 Å². The second-order valence-electron chi connectivity index (χ2n) is 6.96. The summed E-state index contributed by atoms with van der Waals surface area (Å²) in [6, 6.07) is 5.83. The molecule has 3 aromatic rings. The van der Waals surface area contributed by atoms with Crippen molar-refractivity contribution in [3.8, 4) is 5.75 Å². The largest absolute Gasteiger partial charge is 0.491 e. The van der Waals surface area contributed by atoms with Gasteiger partial charge in [0, 0.05) is 18.3 Å². The first kappa shape index (κ1) is 16.9. The molecule has 1 fully saturated rings. The summed E-state index contributed by atoms with van der Waals surface area (Å²) in [5, 5.41) is 17.3. The van der Waals surface area contributed by atoms with E-state index in [4.69, 9.17) is 4.74 Å². The number of nitrogens with one attached hydrogen (secondary N) is 1. The molecule has 2 aliphatic rings. The lowest BCUT2D eigenvalue weighted by Gasteiger charge is -2.27. The lowest BCUT2D eigenvalue weighted by atomic mass is 10.0. The van der Waals surface area contributed by atoms with E-state index >= 15 is 0 Å². The predicted molar refractivity (Wildman–Crippen MR) is 97.9 cm³/mol. The van der Waals surface area contributed by atoms with Crippen LogP contribution in [-0.4, -0.2) is 51.4 Å². The number of rotatable bonds is 0. The summed E-state index contributed by atoms with van der Waals surface area (Å²) in [5.41, 5.74) is 1.44. The molecule has 8 nitrogen and oxygen atoms in total. The van der Waals surface area contributed by atoms with E-state index in [1.807, 2.05) is 4.90 Å². The zero-order valence-electron chi connectivity index (χ0n) is 14.9. The van der Waals surface area contributed by atoms with Crippen LogP contribution in [0, 0.1) is 5.82 Å². The van der Waals surface area contributed by atoms with Crippen molar-refractivity contribution in [1.82, 2.24) is 19.9 Å². The normalized spacial score (nSPS) is 21.9. The zero-order valence-corrected chi connectivity index (χ0v) is 14.9. The molecule has 1 aromatic carbocycles. The Kier molecular flexibility index (Phi) is 3.90. The Hall–Kier alpha value is -3.20. The maximum absolute atomic E-state index is 14.0. The van der Waals surface area contributed by atoms with Crippen LogP contribution in [-0.2, 0) is 0 Å². The standard InChI is InChI=1S/C19H18FN5O3/c20-11-1-2-16-13(7-11)15-8-12(26)10-24(15)17-3-5-25-18(23-17)14(9-22-25)19(27)21-4-6-28-16/h1-3,5,7,9,12,15,26H,4,6,8,10H2,(H,21,27). The number of hydrogen-bond acceptors (Lipinski definition) is 6. The SMILES string of the molecule is O=C1NCCOc2ccc(F)cc2C2CC(O)CN2c2ccn3ncc1c3n2. The van der Waals surface area contributed by atoms with Crippen LogP contribution in [0.2, 0.25) is 0 Å². The number of hydrogen-bond donors (Lipinski definition) is 2. The number of carbonyl (C=O) groups excluding carboxylic acids is 1. The first-order valence-electron chi connectivity index (χ1n) is 9.10. The molecule has 2 bridgehead atoms. The molecule has 2 aromatic heterocycles. The maximum Gasteiger partial charge on any atom is 0.256 e. The number of fused-ring (bicyclic) bond motifs is 5. The molecule has 1 amide bonds. The second-order valence-corrected chi connectivity index (χ2v) is 6.96. The molecule has 2 N–H and O–H groups in total. The first-order valence-corrected chi connectivity index (χ1v) is 9.10. The molecule has 0 aliphatic carbocycles. The number of aliphatic hydroxyl groups is 1. The smallest absolute Gasteiger partial charge is 0.256 e. The molecule has 4 heterocycles. The lowest BCUT2D eigenvalue weighted by molar-refractivity contribution is 0.0948. The number of carbonyl (C=O) groups is 1. The van der Waals surface area contributed by atoms with Gasteiger partial charge in [-0.15, -0.1) is 0 Å². The average Bonchev–Trinajstić information content (AvgIpc) is 3.28. The van der Waals surface area contributed by atoms with Crippen LogP contribution in [0.3, 0.4) is 0 Å². The van der Waals surface area contributed by atoms with Crippen molar-refractivity contribution in [2.45, 2.75) is 18.6 Å². The summed E-state index contributed by atoms with van der Waals surface area (Å²) in [6.07, 6.45) is 3.04. The van der Waals surface area contributed by atoms with Crippen molar-refractivity contribution in [2.24, 2.45) is 0 Å². The van der Waals surface area contributed by atoms with Gasteiger partial charge in [-0.2, -0.15) is 5.10 Å². The Labute approximate surface area is 159 Å². The number of nitrogens with zero attached hydrogens (tertiary/aromatic N) is 4. The van der Waals surface area contributed by atoms with E-state index in [1.54, 1.807) is 18.3 Å². The van der Waals surface area contributed by atoms with Gasteiger partial charge in [-0.3, -0.25) is 4.79 Å². The van der Waals surface area contributed by atoms with Crippen molar-refractivity contribution in [3.05, 3.63) is 53.6 Å². The first-order chi connectivity index (χ1) is 13.6. The summed E-state index contributed by atoms with van der Waals surface area (Å²) < 4.78 is 21.4. The minimum absolute atomic E-state index is 0.231. The highest BCUT2D eigenvalue weighted by atomic mass is 19.1. The van der Waals surface area contributed by atoms with Gasteiger partial charge in [-0.1, -0.05) is 0 Å². The van der Waals surface area contributed by atoms with Gasteiger partial charge in [0.1, 0.15) is 29.6 Å². The van der Waals surface area contributed by atoms with Crippen LogP contribution in [0.4, 0.5) is 10.2 Å². The number of amides is 1. The van der Waals surface area contributed by atoms with Gasteiger partial charge in [0.2, 0.25) is 0 Å². The fraction of sp³-hybridized carbons (Fsp3) is 0.316. The van der Waals surface area contributed by atoms with E-state index in [9.17, 15) is 14.3 Å². The fourth-order valence-corrected chi connectivity index (χ4v) is 3.87. The van der Waals surface area contributed by atoms with Crippen LogP contribution >= 0.6 is 0 Å². The van der Waals surface area contributed by atoms with Crippen molar-refractivity contribution < 1.29 is 19.0 Å². The summed E-state index contributed by atoms with van der Waals surface area (Å²) in [6.45, 7) is 0.859. The van der Waals surface area contributed by atoms with Gasteiger partial charge < -0.3 is 20.1 Å². The maximum atomic E-state index is 14.0. The monoisotopic (exact) mass is 383 g/mol. The van der Waals surface area contributed by atoms with Crippen LogP contribution in [0.5, 0.6) is 5.75 Å². The molecule has 144 valence electrons. The molecule has 0 saturated carbocycles. The topological polar surface area (TPSA) is 92.0 Å². The van der Waals surface area contributed by atoms with Gasteiger partial charge in [-0.25, -0.2) is 13.9 Å². The predicted octanol–water partition coefficient (Wildman–Crippen LogP) is 1.30. The minimum Gasteiger partial charge on any atom is -0.491 e. The van der Waals surface area contributed by atoms with Crippen LogP contribution in [0.15, 0.2) is 36.7 Å². The Morgan fingerprint density at radius 1 is 1.32 bits per heavy atom.